The van der Waals surface area contributed by atoms with Crippen LogP contribution in [0, 0.1) is 6.92 Å². The van der Waals surface area contributed by atoms with E-state index in [-0.39, 0.29) is 0 Å². The van der Waals surface area contributed by atoms with E-state index in [1.165, 1.54) is 29.7 Å². The van der Waals surface area contributed by atoms with E-state index in [9.17, 15) is 0 Å². The standard InChI is InChI=1S/C16H26N2O/c1-4-18(12-15-6-5-9-19-15)16-8-7-14(11-17-3)10-13(16)2/h7-8,10,15,17H,4-6,9,11-12H2,1-3H3. The zero-order chi connectivity index (χ0) is 13.7. The molecular formula is C16H26N2O. The van der Waals surface area contributed by atoms with Crippen molar-refractivity contribution in [3.8, 4) is 0 Å². The molecule has 0 spiro atoms. The van der Waals surface area contributed by atoms with E-state index < -0.39 is 0 Å². The molecule has 0 saturated carbocycles. The summed E-state index contributed by atoms with van der Waals surface area (Å²) in [6, 6.07) is 6.75. The van der Waals surface area contributed by atoms with Gasteiger partial charge in [-0.25, -0.2) is 0 Å². The van der Waals surface area contributed by atoms with Crippen LogP contribution in [0.1, 0.15) is 30.9 Å². The molecule has 1 aliphatic heterocycles. The molecule has 0 bridgehead atoms. The summed E-state index contributed by atoms with van der Waals surface area (Å²) in [5.74, 6) is 0. The van der Waals surface area contributed by atoms with E-state index in [4.69, 9.17) is 4.74 Å². The Morgan fingerprint density at radius 2 is 2.26 bits per heavy atom. The van der Waals surface area contributed by atoms with Gasteiger partial charge in [0.2, 0.25) is 0 Å². The Morgan fingerprint density at radius 1 is 1.42 bits per heavy atom. The largest absolute Gasteiger partial charge is 0.376 e. The lowest BCUT2D eigenvalue weighted by atomic mass is 10.1. The molecule has 1 N–H and O–H groups in total. The minimum Gasteiger partial charge on any atom is -0.376 e. The highest BCUT2D eigenvalue weighted by molar-refractivity contribution is 5.54. The number of anilines is 1. The van der Waals surface area contributed by atoms with Gasteiger partial charge in [-0.05, 0) is 50.9 Å². The van der Waals surface area contributed by atoms with Gasteiger partial charge in [0, 0.05) is 31.9 Å². The van der Waals surface area contributed by atoms with Crippen LogP contribution >= 0.6 is 0 Å². The SMILES string of the molecule is CCN(CC1CCCO1)c1ccc(CNC)cc1C. The summed E-state index contributed by atoms with van der Waals surface area (Å²) in [6.07, 6.45) is 2.83. The zero-order valence-corrected chi connectivity index (χ0v) is 12.4. The fraction of sp³-hybridized carbons (Fsp3) is 0.625. The predicted octanol–water partition coefficient (Wildman–Crippen LogP) is 2.72. The van der Waals surface area contributed by atoms with Gasteiger partial charge in [0.15, 0.2) is 0 Å². The van der Waals surface area contributed by atoms with Gasteiger partial charge < -0.3 is 15.0 Å². The highest BCUT2D eigenvalue weighted by Gasteiger charge is 2.19. The van der Waals surface area contributed by atoms with Crippen LogP contribution in [0.5, 0.6) is 0 Å². The Balaban J connectivity index is 2.08. The molecule has 0 amide bonds. The maximum atomic E-state index is 5.76. The second kappa shape index (κ2) is 6.92. The molecule has 1 aromatic carbocycles. The number of hydrogen-bond donors (Lipinski definition) is 1. The summed E-state index contributed by atoms with van der Waals surface area (Å²) in [7, 11) is 1.99. The Hall–Kier alpha value is -1.06. The van der Waals surface area contributed by atoms with Crippen molar-refractivity contribution in [1.29, 1.82) is 0 Å². The number of nitrogens with zero attached hydrogens (tertiary/aromatic N) is 1. The van der Waals surface area contributed by atoms with E-state index in [0.29, 0.717) is 6.10 Å². The molecule has 0 aromatic heterocycles. The summed E-state index contributed by atoms with van der Waals surface area (Å²) < 4.78 is 5.76. The van der Waals surface area contributed by atoms with E-state index in [0.717, 1.165) is 26.2 Å². The molecule has 106 valence electrons. The Bertz CT molecular complexity index is 400. The lowest BCUT2D eigenvalue weighted by molar-refractivity contribution is 0.115. The third-order valence-corrected chi connectivity index (χ3v) is 3.81. The number of ether oxygens (including phenoxy) is 1. The minimum absolute atomic E-state index is 0.413. The lowest BCUT2D eigenvalue weighted by Gasteiger charge is -2.28. The fourth-order valence-electron chi connectivity index (χ4n) is 2.82. The number of hydrogen-bond acceptors (Lipinski definition) is 3. The van der Waals surface area contributed by atoms with Gasteiger partial charge in [-0.3, -0.25) is 0 Å². The first-order chi connectivity index (χ1) is 9.24. The summed E-state index contributed by atoms with van der Waals surface area (Å²) in [6.45, 7) is 8.33. The first-order valence-electron chi connectivity index (χ1n) is 7.35. The predicted molar refractivity (Wildman–Crippen MR) is 80.8 cm³/mol. The molecule has 1 saturated heterocycles. The average molecular weight is 262 g/mol. The van der Waals surface area contributed by atoms with Gasteiger partial charge in [0.05, 0.1) is 6.10 Å². The average Bonchev–Trinajstić information content (AvgIpc) is 2.90. The van der Waals surface area contributed by atoms with Crippen molar-refractivity contribution in [1.82, 2.24) is 5.32 Å². The lowest BCUT2D eigenvalue weighted by Crippen LogP contribution is -2.32. The highest BCUT2D eigenvalue weighted by Crippen LogP contribution is 2.23. The molecule has 0 radical (unpaired) electrons. The van der Waals surface area contributed by atoms with Gasteiger partial charge >= 0.3 is 0 Å². The Kier molecular flexibility index (Phi) is 5.23. The third kappa shape index (κ3) is 3.71. The van der Waals surface area contributed by atoms with Gasteiger partial charge in [-0.2, -0.15) is 0 Å². The van der Waals surface area contributed by atoms with Crippen LogP contribution in [-0.2, 0) is 11.3 Å². The number of rotatable bonds is 6. The highest BCUT2D eigenvalue weighted by atomic mass is 16.5. The molecule has 1 aliphatic rings. The van der Waals surface area contributed by atoms with Gasteiger partial charge in [-0.1, -0.05) is 12.1 Å². The normalized spacial score (nSPS) is 18.8. The molecule has 2 rings (SSSR count). The molecule has 1 fully saturated rings. The van der Waals surface area contributed by atoms with Crippen molar-refractivity contribution in [2.24, 2.45) is 0 Å². The number of likely N-dealkylation sites (N-methyl/N-ethyl adjacent to an activating group) is 1. The topological polar surface area (TPSA) is 24.5 Å². The first kappa shape index (κ1) is 14.4. The van der Waals surface area contributed by atoms with Crippen LogP contribution < -0.4 is 10.2 Å². The van der Waals surface area contributed by atoms with E-state index in [1.54, 1.807) is 0 Å². The molecule has 1 atom stereocenters. The quantitative estimate of drug-likeness (QED) is 0.853. The molecule has 3 nitrogen and oxygen atoms in total. The van der Waals surface area contributed by atoms with Gasteiger partial charge in [-0.15, -0.1) is 0 Å². The smallest absolute Gasteiger partial charge is 0.0750 e. The van der Waals surface area contributed by atoms with Crippen LogP contribution in [0.4, 0.5) is 5.69 Å². The van der Waals surface area contributed by atoms with Crippen molar-refractivity contribution >= 4 is 5.69 Å². The maximum Gasteiger partial charge on any atom is 0.0750 e. The fourth-order valence-corrected chi connectivity index (χ4v) is 2.82. The zero-order valence-electron chi connectivity index (χ0n) is 12.4. The van der Waals surface area contributed by atoms with Crippen LogP contribution in [0.15, 0.2) is 18.2 Å². The van der Waals surface area contributed by atoms with Crippen molar-refractivity contribution in [2.45, 2.75) is 39.3 Å². The summed E-state index contributed by atoms with van der Waals surface area (Å²) in [5.41, 5.74) is 4.04. The van der Waals surface area contributed by atoms with E-state index >= 15 is 0 Å². The summed E-state index contributed by atoms with van der Waals surface area (Å²) >= 11 is 0. The number of nitrogens with one attached hydrogen (secondary N) is 1. The second-order valence-corrected chi connectivity index (χ2v) is 5.32. The monoisotopic (exact) mass is 262 g/mol. The van der Waals surface area contributed by atoms with Crippen molar-refractivity contribution in [2.75, 3.05) is 31.6 Å². The summed E-state index contributed by atoms with van der Waals surface area (Å²) in [4.78, 5) is 2.44. The molecule has 3 heteroatoms. The molecule has 19 heavy (non-hydrogen) atoms. The third-order valence-electron chi connectivity index (χ3n) is 3.81. The first-order valence-corrected chi connectivity index (χ1v) is 7.35. The molecular weight excluding hydrogens is 236 g/mol. The minimum atomic E-state index is 0.413. The maximum absolute atomic E-state index is 5.76. The van der Waals surface area contributed by atoms with E-state index in [2.05, 4.69) is 42.3 Å². The molecule has 0 aliphatic carbocycles. The Labute approximate surface area is 116 Å². The second-order valence-electron chi connectivity index (χ2n) is 5.32. The van der Waals surface area contributed by atoms with Crippen molar-refractivity contribution in [3.63, 3.8) is 0 Å². The van der Waals surface area contributed by atoms with Crippen molar-refractivity contribution in [3.05, 3.63) is 29.3 Å². The van der Waals surface area contributed by atoms with Crippen LogP contribution in [0.3, 0.4) is 0 Å². The van der Waals surface area contributed by atoms with E-state index in [1.807, 2.05) is 7.05 Å². The molecule has 1 aromatic rings. The summed E-state index contributed by atoms with van der Waals surface area (Å²) in [5, 5.41) is 3.20. The number of aryl methyl sites for hydroxylation is 1. The van der Waals surface area contributed by atoms with Gasteiger partial charge in [0.1, 0.15) is 0 Å². The van der Waals surface area contributed by atoms with Crippen molar-refractivity contribution < 1.29 is 4.74 Å². The van der Waals surface area contributed by atoms with Crippen LogP contribution in [0.25, 0.3) is 0 Å². The van der Waals surface area contributed by atoms with Gasteiger partial charge in [0.25, 0.3) is 0 Å². The number of benzene rings is 1. The van der Waals surface area contributed by atoms with Crippen LogP contribution in [0.2, 0.25) is 0 Å². The molecule has 1 unspecified atom stereocenters. The molecule has 1 heterocycles. The Morgan fingerprint density at radius 3 is 2.84 bits per heavy atom. The van der Waals surface area contributed by atoms with Crippen LogP contribution in [-0.4, -0.2) is 32.8 Å².